The van der Waals surface area contributed by atoms with Gasteiger partial charge in [-0.25, -0.2) is 4.39 Å². The molecule has 34 heavy (non-hydrogen) atoms. The van der Waals surface area contributed by atoms with Gasteiger partial charge in [-0.15, -0.1) is 29.3 Å². The molecule has 1 N–H and O–H groups in total. The van der Waals surface area contributed by atoms with Gasteiger partial charge in [0.05, 0.1) is 28.8 Å². The largest absolute Gasteiger partial charge is 0.475 e. The van der Waals surface area contributed by atoms with E-state index in [1.807, 2.05) is 4.57 Å². The number of hydrogen-bond donors (Lipinski definition) is 1. The Hall–Kier alpha value is -2.20. The summed E-state index contributed by atoms with van der Waals surface area (Å²) in [5.41, 5.74) is 2.36. The SMILES string of the molecule is Cl.O=c1ccc2ccc(F)c3c2n1C(CN1CCC(NCc2cc4c(nn2)OCCS4)CC1)C3. The van der Waals surface area contributed by atoms with E-state index >= 15 is 0 Å². The van der Waals surface area contributed by atoms with Crippen LogP contribution in [0.3, 0.4) is 0 Å². The standard InChI is InChI=1S/C24H26FN5O2S.ClH/c25-20-3-1-15-2-4-22(31)30-18(12-19(20)23(15)30)14-29-7-5-16(6-8-29)26-13-17-11-21-24(28-27-17)32-9-10-33-21;/h1-4,11,16,18,26H,5-10,12-14H2;1H. The molecule has 1 aromatic carbocycles. The number of rotatable bonds is 5. The molecule has 0 aliphatic carbocycles. The van der Waals surface area contributed by atoms with Crippen molar-refractivity contribution in [2.24, 2.45) is 0 Å². The van der Waals surface area contributed by atoms with Crippen molar-refractivity contribution in [2.45, 2.75) is 42.8 Å². The van der Waals surface area contributed by atoms with E-state index in [0.29, 0.717) is 37.1 Å². The zero-order valence-corrected chi connectivity index (χ0v) is 20.3. The molecule has 1 atom stereocenters. The number of halogens is 2. The third kappa shape index (κ3) is 4.42. The normalized spacial score (nSPS) is 20.1. The molecular formula is C24H27ClFN5O2S. The van der Waals surface area contributed by atoms with E-state index in [2.05, 4.69) is 26.5 Å². The second-order valence-electron chi connectivity index (χ2n) is 9.02. The Morgan fingerprint density at radius 3 is 2.85 bits per heavy atom. The Balaban J connectivity index is 0.00000241. The van der Waals surface area contributed by atoms with Crippen LogP contribution in [0.2, 0.25) is 0 Å². The lowest BCUT2D eigenvalue weighted by atomic mass is 10.0. The van der Waals surface area contributed by atoms with Crippen LogP contribution in [-0.4, -0.2) is 57.7 Å². The molecule has 0 bridgehead atoms. The van der Waals surface area contributed by atoms with E-state index in [-0.39, 0.29) is 29.8 Å². The Morgan fingerprint density at radius 2 is 2.00 bits per heavy atom. The number of likely N-dealkylation sites (tertiary alicyclic amines) is 1. The molecule has 0 saturated carbocycles. The highest BCUT2D eigenvalue weighted by Crippen LogP contribution is 2.33. The fourth-order valence-corrected chi connectivity index (χ4v) is 6.11. The molecule has 3 aliphatic rings. The van der Waals surface area contributed by atoms with Crippen LogP contribution in [0.5, 0.6) is 5.88 Å². The smallest absolute Gasteiger partial charge is 0.251 e. The van der Waals surface area contributed by atoms with Crippen LogP contribution >= 0.6 is 24.2 Å². The summed E-state index contributed by atoms with van der Waals surface area (Å²) < 4.78 is 21.8. The molecule has 180 valence electrons. The molecular weight excluding hydrogens is 477 g/mol. The van der Waals surface area contributed by atoms with Gasteiger partial charge in [-0.2, -0.15) is 5.10 Å². The quantitative estimate of drug-likeness (QED) is 0.573. The summed E-state index contributed by atoms with van der Waals surface area (Å²) >= 11 is 1.77. The van der Waals surface area contributed by atoms with Crippen LogP contribution in [0.4, 0.5) is 4.39 Å². The van der Waals surface area contributed by atoms with Gasteiger partial charge >= 0.3 is 0 Å². The molecule has 10 heteroatoms. The summed E-state index contributed by atoms with van der Waals surface area (Å²) in [5.74, 6) is 1.39. The van der Waals surface area contributed by atoms with Crippen molar-refractivity contribution in [1.82, 2.24) is 25.0 Å². The number of thioether (sulfide) groups is 1. The summed E-state index contributed by atoms with van der Waals surface area (Å²) in [6.07, 6.45) is 2.64. The number of nitrogens with zero attached hydrogens (tertiary/aromatic N) is 4. The minimum Gasteiger partial charge on any atom is -0.475 e. The van der Waals surface area contributed by atoms with Gasteiger partial charge < -0.3 is 19.5 Å². The molecule has 1 fully saturated rings. The van der Waals surface area contributed by atoms with E-state index in [1.54, 1.807) is 30.0 Å². The molecule has 2 aromatic heterocycles. The maximum atomic E-state index is 14.5. The fraction of sp³-hybridized carbons (Fsp3) is 0.458. The predicted octanol–water partition coefficient (Wildman–Crippen LogP) is 3.19. The summed E-state index contributed by atoms with van der Waals surface area (Å²) in [5, 5.41) is 13.1. The van der Waals surface area contributed by atoms with Crippen molar-refractivity contribution in [3.05, 3.63) is 57.8 Å². The lowest BCUT2D eigenvalue weighted by molar-refractivity contribution is 0.174. The summed E-state index contributed by atoms with van der Waals surface area (Å²) in [6, 6.07) is 9.17. The first-order chi connectivity index (χ1) is 16.2. The van der Waals surface area contributed by atoms with Crippen molar-refractivity contribution >= 4 is 35.1 Å². The third-order valence-corrected chi connectivity index (χ3v) is 7.91. The van der Waals surface area contributed by atoms with Gasteiger partial charge in [0.2, 0.25) is 5.88 Å². The monoisotopic (exact) mass is 503 g/mol. The topological polar surface area (TPSA) is 72.3 Å². The molecule has 5 heterocycles. The third-order valence-electron chi connectivity index (χ3n) is 6.93. The van der Waals surface area contributed by atoms with Crippen LogP contribution in [0.25, 0.3) is 10.9 Å². The predicted molar refractivity (Wildman–Crippen MR) is 133 cm³/mol. The number of nitrogens with one attached hydrogen (secondary N) is 1. The van der Waals surface area contributed by atoms with Gasteiger partial charge in [-0.3, -0.25) is 4.79 Å². The summed E-state index contributed by atoms with van der Waals surface area (Å²) in [7, 11) is 0. The molecule has 3 aromatic rings. The van der Waals surface area contributed by atoms with Crippen molar-refractivity contribution < 1.29 is 9.13 Å². The molecule has 0 amide bonds. The number of fused-ring (bicyclic) bond motifs is 1. The minimum atomic E-state index is -0.206. The molecule has 0 radical (unpaired) electrons. The van der Waals surface area contributed by atoms with Gasteiger partial charge in [0.15, 0.2) is 0 Å². The number of pyridine rings is 1. The molecule has 6 rings (SSSR count). The van der Waals surface area contributed by atoms with Crippen LogP contribution in [-0.2, 0) is 13.0 Å². The molecule has 1 unspecified atom stereocenters. The maximum Gasteiger partial charge on any atom is 0.251 e. The average molecular weight is 504 g/mol. The zero-order valence-electron chi connectivity index (χ0n) is 18.7. The lowest BCUT2D eigenvalue weighted by Gasteiger charge is -2.34. The van der Waals surface area contributed by atoms with Gasteiger partial charge in [-0.05, 0) is 62.0 Å². The van der Waals surface area contributed by atoms with Crippen molar-refractivity contribution in [3.63, 3.8) is 0 Å². The lowest BCUT2D eigenvalue weighted by Crippen LogP contribution is -2.44. The average Bonchev–Trinajstić information content (AvgIpc) is 3.23. The van der Waals surface area contributed by atoms with Crippen LogP contribution < -0.4 is 15.6 Å². The summed E-state index contributed by atoms with van der Waals surface area (Å²) in [6.45, 7) is 4.07. The van der Waals surface area contributed by atoms with E-state index in [9.17, 15) is 9.18 Å². The number of aromatic nitrogens is 3. The zero-order chi connectivity index (χ0) is 22.4. The molecule has 7 nitrogen and oxygen atoms in total. The van der Waals surface area contributed by atoms with Crippen LogP contribution in [0.15, 0.2) is 40.0 Å². The Morgan fingerprint density at radius 1 is 1.18 bits per heavy atom. The van der Waals surface area contributed by atoms with E-state index in [4.69, 9.17) is 4.74 Å². The molecule has 0 spiro atoms. The maximum absolute atomic E-state index is 14.5. The Bertz CT molecular complexity index is 1260. The van der Waals surface area contributed by atoms with Gasteiger partial charge in [0.1, 0.15) is 5.82 Å². The minimum absolute atomic E-state index is 0. The first-order valence-electron chi connectivity index (χ1n) is 11.6. The van der Waals surface area contributed by atoms with E-state index in [1.165, 1.54) is 6.07 Å². The number of piperidine rings is 1. The highest BCUT2D eigenvalue weighted by Gasteiger charge is 2.30. The molecule has 1 saturated heterocycles. The highest BCUT2D eigenvalue weighted by molar-refractivity contribution is 7.99. The van der Waals surface area contributed by atoms with Crippen molar-refractivity contribution in [3.8, 4) is 5.88 Å². The van der Waals surface area contributed by atoms with E-state index in [0.717, 1.165) is 59.7 Å². The second-order valence-corrected chi connectivity index (χ2v) is 10.2. The van der Waals surface area contributed by atoms with Crippen molar-refractivity contribution in [2.75, 3.05) is 32.0 Å². The number of ether oxygens (including phenoxy) is 1. The fourth-order valence-electron chi connectivity index (χ4n) is 5.28. The van der Waals surface area contributed by atoms with Gasteiger partial charge in [0, 0.05) is 36.5 Å². The second kappa shape index (κ2) is 9.81. The first kappa shape index (κ1) is 23.5. The van der Waals surface area contributed by atoms with E-state index < -0.39 is 0 Å². The first-order valence-corrected chi connectivity index (χ1v) is 12.5. The van der Waals surface area contributed by atoms with Gasteiger partial charge in [0.25, 0.3) is 5.56 Å². The Labute approximate surface area is 207 Å². The number of benzene rings is 1. The number of hydrogen-bond acceptors (Lipinski definition) is 7. The van der Waals surface area contributed by atoms with Gasteiger partial charge in [-0.1, -0.05) is 0 Å². The summed E-state index contributed by atoms with van der Waals surface area (Å²) in [4.78, 5) is 16.1. The van der Waals surface area contributed by atoms with Crippen LogP contribution in [0.1, 0.15) is 30.1 Å². The Kier molecular flexibility index (Phi) is 6.79. The van der Waals surface area contributed by atoms with Crippen LogP contribution in [0, 0.1) is 5.82 Å². The molecule has 3 aliphatic heterocycles. The van der Waals surface area contributed by atoms with Crippen molar-refractivity contribution in [1.29, 1.82) is 0 Å². The highest BCUT2D eigenvalue weighted by atomic mass is 35.5.